The molecule has 2 rings (SSSR count). The van der Waals surface area contributed by atoms with Crippen LogP contribution in [-0.2, 0) is 11.3 Å². The largest absolute Gasteiger partial charge is 0.375 e. The Morgan fingerprint density at radius 2 is 2.05 bits per heavy atom. The number of nitrogens with zero attached hydrogens (tertiary/aromatic N) is 2. The van der Waals surface area contributed by atoms with E-state index in [1.54, 1.807) is 6.20 Å². The molecule has 0 spiro atoms. The van der Waals surface area contributed by atoms with Crippen molar-refractivity contribution in [3.05, 3.63) is 16.9 Å². The van der Waals surface area contributed by atoms with Crippen molar-refractivity contribution in [1.29, 1.82) is 0 Å². The van der Waals surface area contributed by atoms with Gasteiger partial charge in [0.15, 0.2) is 0 Å². The maximum absolute atomic E-state index is 6.44. The molecule has 1 aromatic rings. The fourth-order valence-electron chi connectivity index (χ4n) is 3.52. The van der Waals surface area contributed by atoms with Gasteiger partial charge in [0, 0.05) is 12.5 Å². The van der Waals surface area contributed by atoms with Crippen molar-refractivity contribution in [2.24, 2.45) is 11.8 Å². The van der Waals surface area contributed by atoms with Crippen molar-refractivity contribution in [3.8, 4) is 0 Å². The fourth-order valence-corrected chi connectivity index (χ4v) is 3.77. The molecule has 1 fully saturated rings. The molecule has 1 aliphatic heterocycles. The van der Waals surface area contributed by atoms with Gasteiger partial charge in [-0.05, 0) is 39.7 Å². The zero-order valence-electron chi connectivity index (χ0n) is 13.8. The van der Waals surface area contributed by atoms with E-state index in [0.717, 1.165) is 30.2 Å². The van der Waals surface area contributed by atoms with Gasteiger partial charge in [-0.15, -0.1) is 0 Å². The second kappa shape index (κ2) is 7.12. The van der Waals surface area contributed by atoms with Gasteiger partial charge in [-0.2, -0.15) is 5.10 Å². The van der Waals surface area contributed by atoms with Gasteiger partial charge in [-0.3, -0.25) is 4.68 Å². The summed E-state index contributed by atoms with van der Waals surface area (Å²) in [4.78, 5) is 0. The fraction of sp³-hybridized carbons (Fsp3) is 0.812. The molecule has 0 aromatic carbocycles. The van der Waals surface area contributed by atoms with E-state index in [2.05, 4.69) is 45.0 Å². The zero-order valence-corrected chi connectivity index (χ0v) is 14.5. The molecule has 1 aliphatic rings. The number of hydrogen-bond donors (Lipinski definition) is 1. The highest BCUT2D eigenvalue weighted by molar-refractivity contribution is 6.31. The van der Waals surface area contributed by atoms with Gasteiger partial charge in [0.1, 0.15) is 0 Å². The topological polar surface area (TPSA) is 39.1 Å². The number of aromatic nitrogens is 2. The van der Waals surface area contributed by atoms with Gasteiger partial charge in [-0.25, -0.2) is 0 Å². The van der Waals surface area contributed by atoms with Crippen molar-refractivity contribution < 1.29 is 4.74 Å². The summed E-state index contributed by atoms with van der Waals surface area (Å²) in [5.74, 6) is 0.900. The number of hydrogen-bond acceptors (Lipinski definition) is 3. The van der Waals surface area contributed by atoms with Gasteiger partial charge in [0.05, 0.1) is 35.2 Å². The lowest BCUT2D eigenvalue weighted by atomic mass is 9.82. The van der Waals surface area contributed by atoms with Crippen LogP contribution in [0.1, 0.15) is 52.8 Å². The highest BCUT2D eigenvalue weighted by Crippen LogP contribution is 2.42. The minimum absolute atomic E-state index is 0.190. The first-order valence-electron chi connectivity index (χ1n) is 8.11. The third kappa shape index (κ3) is 3.27. The molecule has 120 valence electrons. The normalized spacial score (nSPS) is 30.8. The van der Waals surface area contributed by atoms with E-state index < -0.39 is 0 Å². The predicted octanol–water partition coefficient (Wildman–Crippen LogP) is 3.66. The van der Waals surface area contributed by atoms with Crippen LogP contribution in [0.3, 0.4) is 0 Å². The van der Waals surface area contributed by atoms with Crippen LogP contribution >= 0.6 is 11.6 Å². The molecule has 5 atom stereocenters. The molecule has 21 heavy (non-hydrogen) atoms. The molecule has 0 amide bonds. The van der Waals surface area contributed by atoms with E-state index in [1.807, 2.05) is 4.68 Å². The van der Waals surface area contributed by atoms with Crippen LogP contribution < -0.4 is 5.32 Å². The van der Waals surface area contributed by atoms with E-state index in [0.29, 0.717) is 11.8 Å². The standard InChI is InChI=1S/C16H28ClN3O/c1-6-8-18-15(14-10(3)11(4)21-12(14)5)16-13(17)9-19-20(16)7-2/h9-12,14-15,18H,6-8H2,1-5H3. The van der Waals surface area contributed by atoms with Gasteiger partial charge in [0.25, 0.3) is 0 Å². The summed E-state index contributed by atoms with van der Waals surface area (Å²) < 4.78 is 8.06. The van der Waals surface area contributed by atoms with E-state index in [4.69, 9.17) is 16.3 Å². The average molecular weight is 314 g/mol. The lowest BCUT2D eigenvalue weighted by Crippen LogP contribution is -2.37. The summed E-state index contributed by atoms with van der Waals surface area (Å²) >= 11 is 6.44. The minimum Gasteiger partial charge on any atom is -0.375 e. The first kappa shape index (κ1) is 16.8. The number of ether oxygens (including phenoxy) is 1. The number of aryl methyl sites for hydroxylation is 1. The summed E-state index contributed by atoms with van der Waals surface area (Å²) in [6, 6.07) is 0.190. The van der Waals surface area contributed by atoms with Crippen LogP contribution in [0.5, 0.6) is 0 Å². The molecule has 5 unspecified atom stereocenters. The highest BCUT2D eigenvalue weighted by Gasteiger charge is 2.43. The lowest BCUT2D eigenvalue weighted by molar-refractivity contribution is 0.0471. The smallest absolute Gasteiger partial charge is 0.0834 e. The molecule has 4 nitrogen and oxygen atoms in total. The van der Waals surface area contributed by atoms with Crippen LogP contribution in [0, 0.1) is 11.8 Å². The van der Waals surface area contributed by atoms with Crippen molar-refractivity contribution >= 4 is 11.6 Å². The molecular formula is C16H28ClN3O. The van der Waals surface area contributed by atoms with Gasteiger partial charge in [0.2, 0.25) is 0 Å². The Morgan fingerprint density at radius 3 is 2.57 bits per heavy atom. The first-order chi connectivity index (χ1) is 10.0. The second-order valence-corrected chi connectivity index (χ2v) is 6.52. The number of halogens is 1. The second-order valence-electron chi connectivity index (χ2n) is 6.11. The molecule has 0 aliphatic carbocycles. The summed E-state index contributed by atoms with van der Waals surface area (Å²) in [5, 5.41) is 8.85. The molecule has 1 saturated heterocycles. The molecule has 0 bridgehead atoms. The van der Waals surface area contributed by atoms with Crippen molar-refractivity contribution in [1.82, 2.24) is 15.1 Å². The molecule has 1 N–H and O–H groups in total. The summed E-state index contributed by atoms with van der Waals surface area (Å²) in [6.45, 7) is 12.7. The molecule has 2 heterocycles. The van der Waals surface area contributed by atoms with E-state index in [1.165, 1.54) is 0 Å². The van der Waals surface area contributed by atoms with E-state index >= 15 is 0 Å². The number of nitrogens with one attached hydrogen (secondary N) is 1. The van der Waals surface area contributed by atoms with Crippen molar-refractivity contribution in [3.63, 3.8) is 0 Å². The third-order valence-corrected chi connectivity index (χ3v) is 5.04. The monoisotopic (exact) mass is 313 g/mol. The highest BCUT2D eigenvalue weighted by atomic mass is 35.5. The predicted molar refractivity (Wildman–Crippen MR) is 86.6 cm³/mol. The van der Waals surface area contributed by atoms with E-state index in [9.17, 15) is 0 Å². The lowest BCUT2D eigenvalue weighted by Gasteiger charge is -2.30. The van der Waals surface area contributed by atoms with Crippen molar-refractivity contribution in [2.75, 3.05) is 6.54 Å². The van der Waals surface area contributed by atoms with E-state index in [-0.39, 0.29) is 18.2 Å². The van der Waals surface area contributed by atoms with Crippen LogP contribution in [0.25, 0.3) is 0 Å². The summed E-state index contributed by atoms with van der Waals surface area (Å²) in [6.07, 6.45) is 3.36. The Morgan fingerprint density at radius 1 is 1.33 bits per heavy atom. The van der Waals surface area contributed by atoms with Gasteiger partial charge >= 0.3 is 0 Å². The Kier molecular flexibility index (Phi) is 5.69. The molecular weight excluding hydrogens is 286 g/mol. The van der Waals surface area contributed by atoms with Crippen LogP contribution in [0.15, 0.2) is 6.20 Å². The quantitative estimate of drug-likeness (QED) is 0.871. The number of rotatable bonds is 6. The van der Waals surface area contributed by atoms with Gasteiger partial charge in [-0.1, -0.05) is 25.4 Å². The minimum atomic E-state index is 0.190. The maximum Gasteiger partial charge on any atom is 0.0834 e. The molecule has 5 heteroatoms. The Labute approximate surface area is 133 Å². The zero-order chi connectivity index (χ0) is 15.6. The Hall–Kier alpha value is -0.580. The third-order valence-electron chi connectivity index (χ3n) is 4.75. The molecule has 1 aromatic heterocycles. The molecule has 0 saturated carbocycles. The van der Waals surface area contributed by atoms with Crippen molar-refractivity contribution in [2.45, 2.75) is 65.8 Å². The van der Waals surface area contributed by atoms with Crippen LogP contribution in [-0.4, -0.2) is 28.5 Å². The Balaban J connectivity index is 2.36. The summed E-state index contributed by atoms with van der Waals surface area (Å²) in [5.41, 5.74) is 1.11. The Bertz CT molecular complexity index is 462. The average Bonchev–Trinajstić information content (AvgIpc) is 2.94. The first-order valence-corrected chi connectivity index (χ1v) is 8.49. The SMILES string of the molecule is CCCNC(c1c(Cl)cnn1CC)C1C(C)OC(C)C1C. The van der Waals surface area contributed by atoms with Crippen LogP contribution in [0.2, 0.25) is 5.02 Å². The summed E-state index contributed by atoms with van der Waals surface area (Å²) in [7, 11) is 0. The molecule has 0 radical (unpaired) electrons. The maximum atomic E-state index is 6.44. The van der Waals surface area contributed by atoms with Gasteiger partial charge < -0.3 is 10.1 Å². The van der Waals surface area contributed by atoms with Crippen LogP contribution in [0.4, 0.5) is 0 Å².